The summed E-state index contributed by atoms with van der Waals surface area (Å²) in [6.45, 7) is 0. The highest BCUT2D eigenvalue weighted by atomic mass is 16.2. The number of nitrogens with one attached hydrogen (secondary N) is 2. The molecule has 0 spiro atoms. The highest BCUT2D eigenvalue weighted by molar-refractivity contribution is 5.95. The van der Waals surface area contributed by atoms with Crippen LogP contribution in [0.1, 0.15) is 24.2 Å². The van der Waals surface area contributed by atoms with Crippen LogP contribution in [-0.2, 0) is 22.4 Å². The lowest BCUT2D eigenvalue weighted by molar-refractivity contribution is -0.117. The smallest absolute Gasteiger partial charge is 0.224 e. The molecule has 0 atom stereocenters. The first-order chi connectivity index (χ1) is 15.2. The molecule has 0 aliphatic carbocycles. The van der Waals surface area contributed by atoms with E-state index >= 15 is 0 Å². The van der Waals surface area contributed by atoms with E-state index in [4.69, 9.17) is 4.98 Å². The average molecular weight is 410 g/mol. The van der Waals surface area contributed by atoms with Crippen molar-refractivity contribution in [2.45, 2.75) is 25.7 Å². The summed E-state index contributed by atoms with van der Waals surface area (Å²) >= 11 is 0. The highest BCUT2D eigenvalue weighted by Gasteiger charge is 2.16. The van der Waals surface area contributed by atoms with Crippen molar-refractivity contribution in [2.75, 3.05) is 10.6 Å². The molecule has 1 aliphatic rings. The van der Waals surface area contributed by atoms with Gasteiger partial charge in [0, 0.05) is 36.3 Å². The van der Waals surface area contributed by atoms with Gasteiger partial charge in [0.15, 0.2) is 0 Å². The van der Waals surface area contributed by atoms with E-state index in [9.17, 15) is 9.59 Å². The van der Waals surface area contributed by atoms with Crippen molar-refractivity contribution in [3.8, 4) is 5.69 Å². The zero-order chi connectivity index (χ0) is 21.2. The molecule has 0 radical (unpaired) electrons. The zero-order valence-corrected chi connectivity index (χ0v) is 17.0. The maximum atomic E-state index is 12.7. The van der Waals surface area contributed by atoms with E-state index in [0.717, 1.165) is 39.5 Å². The van der Waals surface area contributed by atoms with E-state index in [1.807, 2.05) is 72.8 Å². The molecule has 1 aliphatic heterocycles. The standard InChI is InChI=1S/C25H22N4O2/c30-24(26-18-11-12-20-17(16-18)10-14-25(31)28-20)15-13-23-27-21-8-4-5-9-22(21)29(23)19-6-2-1-3-7-19/h1-9,11-12,16H,10,13-15H2,(H,26,30)(H,28,31). The van der Waals surface area contributed by atoms with Crippen LogP contribution in [0.5, 0.6) is 0 Å². The predicted octanol–water partition coefficient (Wildman–Crippen LogP) is 4.48. The molecule has 6 heteroatoms. The lowest BCUT2D eigenvalue weighted by Crippen LogP contribution is -2.19. The fourth-order valence-electron chi connectivity index (χ4n) is 4.02. The fourth-order valence-corrected chi connectivity index (χ4v) is 4.02. The largest absolute Gasteiger partial charge is 0.326 e. The van der Waals surface area contributed by atoms with Gasteiger partial charge in [-0.05, 0) is 54.4 Å². The third kappa shape index (κ3) is 3.92. The molecule has 3 aromatic carbocycles. The second kappa shape index (κ2) is 8.07. The molecule has 0 saturated carbocycles. The normalized spacial score (nSPS) is 13.0. The van der Waals surface area contributed by atoms with Gasteiger partial charge in [-0.2, -0.15) is 0 Å². The van der Waals surface area contributed by atoms with E-state index in [1.165, 1.54) is 0 Å². The molecule has 154 valence electrons. The summed E-state index contributed by atoms with van der Waals surface area (Å²) in [5.74, 6) is 0.827. The minimum atomic E-state index is -0.0635. The topological polar surface area (TPSA) is 76.0 Å². The van der Waals surface area contributed by atoms with Crippen molar-refractivity contribution in [3.63, 3.8) is 0 Å². The lowest BCUT2D eigenvalue weighted by Gasteiger charge is -2.17. The lowest BCUT2D eigenvalue weighted by atomic mass is 10.0. The molecular formula is C25H22N4O2. The van der Waals surface area contributed by atoms with E-state index in [1.54, 1.807) is 0 Å². The Hall–Kier alpha value is -3.93. The summed E-state index contributed by atoms with van der Waals surface area (Å²) in [5.41, 5.74) is 5.59. The number of para-hydroxylation sites is 3. The first kappa shape index (κ1) is 19.1. The quantitative estimate of drug-likeness (QED) is 0.509. The van der Waals surface area contributed by atoms with Gasteiger partial charge in [0.05, 0.1) is 11.0 Å². The number of hydrogen-bond donors (Lipinski definition) is 2. The van der Waals surface area contributed by atoms with Crippen molar-refractivity contribution in [2.24, 2.45) is 0 Å². The van der Waals surface area contributed by atoms with Crippen molar-refractivity contribution in [3.05, 3.63) is 84.2 Å². The SMILES string of the molecule is O=C(CCc1nc2ccccc2n1-c1ccccc1)Nc1ccc2c(c1)CCC(=O)N2. The molecule has 5 rings (SSSR count). The number of carbonyl (C=O) groups excluding carboxylic acids is 2. The molecule has 2 heterocycles. The monoisotopic (exact) mass is 410 g/mol. The maximum absolute atomic E-state index is 12.7. The molecule has 4 aromatic rings. The number of imidazole rings is 1. The Bertz CT molecular complexity index is 1280. The van der Waals surface area contributed by atoms with Crippen molar-refractivity contribution < 1.29 is 9.59 Å². The zero-order valence-electron chi connectivity index (χ0n) is 17.0. The Morgan fingerprint density at radius 1 is 1.00 bits per heavy atom. The van der Waals surface area contributed by atoms with Crippen LogP contribution in [0.15, 0.2) is 72.8 Å². The van der Waals surface area contributed by atoms with Crippen LogP contribution in [0, 0.1) is 0 Å². The average Bonchev–Trinajstić information content (AvgIpc) is 3.17. The molecular weight excluding hydrogens is 388 g/mol. The van der Waals surface area contributed by atoms with Gasteiger partial charge >= 0.3 is 0 Å². The number of aromatic nitrogens is 2. The molecule has 0 fully saturated rings. The maximum Gasteiger partial charge on any atom is 0.224 e. The number of fused-ring (bicyclic) bond motifs is 2. The Labute approximate surface area is 179 Å². The molecule has 0 saturated heterocycles. The van der Waals surface area contributed by atoms with Crippen molar-refractivity contribution in [1.29, 1.82) is 0 Å². The van der Waals surface area contributed by atoms with E-state index < -0.39 is 0 Å². The number of carbonyl (C=O) groups is 2. The minimum Gasteiger partial charge on any atom is -0.326 e. The van der Waals surface area contributed by atoms with Gasteiger partial charge in [-0.3, -0.25) is 14.2 Å². The second-order valence-corrected chi connectivity index (χ2v) is 7.66. The van der Waals surface area contributed by atoms with Gasteiger partial charge in [0.1, 0.15) is 5.82 Å². The van der Waals surface area contributed by atoms with E-state index in [-0.39, 0.29) is 11.8 Å². The minimum absolute atomic E-state index is 0.0330. The summed E-state index contributed by atoms with van der Waals surface area (Å²) in [7, 11) is 0. The van der Waals surface area contributed by atoms with Gasteiger partial charge in [0.25, 0.3) is 0 Å². The molecule has 0 unspecified atom stereocenters. The molecule has 2 N–H and O–H groups in total. The summed E-state index contributed by atoms with van der Waals surface area (Å²) < 4.78 is 2.12. The van der Waals surface area contributed by atoms with Crippen LogP contribution in [0.3, 0.4) is 0 Å². The molecule has 1 aromatic heterocycles. The van der Waals surface area contributed by atoms with Crippen molar-refractivity contribution >= 4 is 34.2 Å². The Morgan fingerprint density at radius 2 is 1.81 bits per heavy atom. The van der Waals surface area contributed by atoms with Crippen LogP contribution in [0.2, 0.25) is 0 Å². The van der Waals surface area contributed by atoms with Gasteiger partial charge in [0.2, 0.25) is 11.8 Å². The molecule has 0 bridgehead atoms. The Balaban J connectivity index is 1.33. The predicted molar refractivity (Wildman–Crippen MR) is 121 cm³/mol. The Morgan fingerprint density at radius 3 is 2.68 bits per heavy atom. The van der Waals surface area contributed by atoms with Gasteiger partial charge in [-0.15, -0.1) is 0 Å². The molecule has 2 amide bonds. The summed E-state index contributed by atoms with van der Waals surface area (Å²) in [4.78, 5) is 28.9. The second-order valence-electron chi connectivity index (χ2n) is 7.66. The number of hydrogen-bond acceptors (Lipinski definition) is 3. The first-order valence-corrected chi connectivity index (χ1v) is 10.4. The van der Waals surface area contributed by atoms with Crippen LogP contribution in [0.4, 0.5) is 11.4 Å². The summed E-state index contributed by atoms with van der Waals surface area (Å²) in [6, 6.07) is 23.7. The first-order valence-electron chi connectivity index (χ1n) is 10.4. The number of nitrogens with zero attached hydrogens (tertiary/aromatic N) is 2. The van der Waals surface area contributed by atoms with E-state index in [0.29, 0.717) is 25.7 Å². The van der Waals surface area contributed by atoms with Crippen LogP contribution >= 0.6 is 0 Å². The molecule has 6 nitrogen and oxygen atoms in total. The van der Waals surface area contributed by atoms with Gasteiger partial charge in [-0.1, -0.05) is 30.3 Å². The number of amides is 2. The van der Waals surface area contributed by atoms with Crippen LogP contribution in [0.25, 0.3) is 16.7 Å². The van der Waals surface area contributed by atoms with Crippen LogP contribution in [-0.4, -0.2) is 21.4 Å². The number of rotatable bonds is 5. The highest BCUT2D eigenvalue weighted by Crippen LogP contribution is 2.26. The van der Waals surface area contributed by atoms with Crippen LogP contribution < -0.4 is 10.6 Å². The number of aryl methyl sites for hydroxylation is 2. The van der Waals surface area contributed by atoms with Crippen molar-refractivity contribution in [1.82, 2.24) is 9.55 Å². The van der Waals surface area contributed by atoms with E-state index in [2.05, 4.69) is 15.2 Å². The Kier molecular flexibility index (Phi) is 4.96. The summed E-state index contributed by atoms with van der Waals surface area (Å²) in [6.07, 6.45) is 2.01. The van der Waals surface area contributed by atoms with Gasteiger partial charge in [-0.25, -0.2) is 4.98 Å². The third-order valence-corrected chi connectivity index (χ3v) is 5.50. The number of anilines is 2. The van der Waals surface area contributed by atoms with Gasteiger partial charge < -0.3 is 10.6 Å². The third-order valence-electron chi connectivity index (χ3n) is 5.50. The summed E-state index contributed by atoms with van der Waals surface area (Å²) in [5, 5.41) is 5.84. The number of benzene rings is 3. The fraction of sp³-hybridized carbons (Fsp3) is 0.160. The molecule has 31 heavy (non-hydrogen) atoms.